The average Bonchev–Trinajstić information content (AvgIpc) is 2.18. The Hall–Kier alpha value is -1.68. The van der Waals surface area contributed by atoms with E-state index in [1.165, 1.54) is 0 Å². The highest BCUT2D eigenvalue weighted by molar-refractivity contribution is 7.80. The number of nitrogens with one attached hydrogen (secondary N) is 1. The molecule has 2 aromatic rings. The van der Waals surface area contributed by atoms with Crippen molar-refractivity contribution in [2.75, 3.05) is 5.32 Å². The molecule has 15 heavy (non-hydrogen) atoms. The Kier molecular flexibility index (Phi) is 2.51. The number of thiocarbonyl (C=S) groups is 1. The molecule has 0 amide bonds. The lowest BCUT2D eigenvalue weighted by Gasteiger charge is -2.03. The second-order valence-corrected chi connectivity index (χ2v) is 3.78. The van der Waals surface area contributed by atoms with Crippen molar-refractivity contribution in [1.82, 2.24) is 0 Å². The molecule has 0 atom stereocenters. The van der Waals surface area contributed by atoms with Gasteiger partial charge in [-0.1, -0.05) is 30.4 Å². The van der Waals surface area contributed by atoms with E-state index in [0.717, 1.165) is 5.39 Å². The fourth-order valence-electron chi connectivity index (χ4n) is 1.34. The lowest BCUT2D eigenvalue weighted by Crippen LogP contribution is -2.12. The van der Waals surface area contributed by atoms with Crippen molar-refractivity contribution in [3.8, 4) is 0 Å². The topological polar surface area (TPSA) is 42.2 Å². The van der Waals surface area contributed by atoms with Crippen LogP contribution in [0.5, 0.6) is 0 Å². The van der Waals surface area contributed by atoms with Crippen LogP contribution in [0.4, 0.5) is 5.69 Å². The molecule has 0 radical (unpaired) electrons. The van der Waals surface area contributed by atoms with Crippen LogP contribution in [-0.4, -0.2) is 4.99 Å². The van der Waals surface area contributed by atoms with Crippen LogP contribution in [0.2, 0.25) is 0 Å². The van der Waals surface area contributed by atoms with Gasteiger partial charge in [-0.15, -0.1) is 0 Å². The van der Waals surface area contributed by atoms with E-state index >= 15 is 0 Å². The fraction of sp³-hybridized carbons (Fsp3) is 0.0909. The molecule has 1 heterocycles. The van der Waals surface area contributed by atoms with Gasteiger partial charge in [-0.3, -0.25) is 0 Å². The maximum absolute atomic E-state index is 11.5. The van der Waals surface area contributed by atoms with Crippen LogP contribution in [0.3, 0.4) is 0 Å². The van der Waals surface area contributed by atoms with Crippen molar-refractivity contribution in [3.05, 3.63) is 40.8 Å². The fourth-order valence-corrected chi connectivity index (χ4v) is 1.45. The molecule has 0 aliphatic rings. The van der Waals surface area contributed by atoms with Gasteiger partial charge in [-0.2, -0.15) is 0 Å². The molecule has 3 nitrogen and oxygen atoms in total. The van der Waals surface area contributed by atoms with Gasteiger partial charge in [0, 0.05) is 5.39 Å². The van der Waals surface area contributed by atoms with Gasteiger partial charge in [-0.25, -0.2) is 4.79 Å². The first kappa shape index (κ1) is 9.86. The molecule has 0 aliphatic carbocycles. The van der Waals surface area contributed by atoms with Crippen LogP contribution in [0.15, 0.2) is 39.5 Å². The van der Waals surface area contributed by atoms with Crippen molar-refractivity contribution in [2.45, 2.75) is 6.92 Å². The van der Waals surface area contributed by atoms with E-state index in [1.54, 1.807) is 19.1 Å². The van der Waals surface area contributed by atoms with Crippen molar-refractivity contribution < 1.29 is 4.42 Å². The molecule has 1 N–H and O–H groups in total. The number of para-hydroxylation sites is 1. The largest absolute Gasteiger partial charge is 0.421 e. The standard InChI is InChI=1S/C11H9NO2S/c1-7(15)12-9-6-8-4-2-3-5-10(8)14-11(9)13/h2-6H,1H3,(H,12,15). The third kappa shape index (κ3) is 2.05. The lowest BCUT2D eigenvalue weighted by molar-refractivity contribution is 0.564. The van der Waals surface area contributed by atoms with Crippen LogP contribution in [0, 0.1) is 0 Å². The van der Waals surface area contributed by atoms with Gasteiger partial charge >= 0.3 is 5.63 Å². The maximum Gasteiger partial charge on any atom is 0.360 e. The summed E-state index contributed by atoms with van der Waals surface area (Å²) in [7, 11) is 0. The SMILES string of the molecule is CC(=S)Nc1cc2ccccc2oc1=O. The van der Waals surface area contributed by atoms with Crippen LogP contribution in [0.1, 0.15) is 6.92 Å². The first-order valence-electron chi connectivity index (χ1n) is 4.47. The Labute approximate surface area is 91.7 Å². The molecule has 4 heteroatoms. The molecular formula is C11H9NO2S. The summed E-state index contributed by atoms with van der Waals surface area (Å²) in [6, 6.07) is 9.07. The van der Waals surface area contributed by atoms with E-state index in [1.807, 2.05) is 18.2 Å². The highest BCUT2D eigenvalue weighted by Gasteiger charge is 2.04. The van der Waals surface area contributed by atoms with Gasteiger partial charge in [0.25, 0.3) is 0 Å². The van der Waals surface area contributed by atoms with E-state index in [-0.39, 0.29) is 0 Å². The summed E-state index contributed by atoms with van der Waals surface area (Å²) in [5.74, 6) is 0. The predicted octanol–water partition coefficient (Wildman–Crippen LogP) is 2.55. The summed E-state index contributed by atoms with van der Waals surface area (Å²) in [4.78, 5) is 12.0. The normalized spacial score (nSPS) is 10.2. The van der Waals surface area contributed by atoms with Gasteiger partial charge in [0.15, 0.2) is 0 Å². The van der Waals surface area contributed by atoms with E-state index < -0.39 is 5.63 Å². The van der Waals surface area contributed by atoms with Crippen molar-refractivity contribution in [2.24, 2.45) is 0 Å². The summed E-state index contributed by atoms with van der Waals surface area (Å²) in [6.07, 6.45) is 0. The van der Waals surface area contributed by atoms with E-state index in [0.29, 0.717) is 16.3 Å². The number of hydrogen-bond acceptors (Lipinski definition) is 3. The predicted molar refractivity (Wildman–Crippen MR) is 64.4 cm³/mol. The Bertz CT molecular complexity index is 574. The molecule has 0 unspecified atom stereocenters. The molecule has 2 rings (SSSR count). The minimum atomic E-state index is -0.405. The number of benzene rings is 1. The third-order valence-corrected chi connectivity index (χ3v) is 2.05. The highest BCUT2D eigenvalue weighted by Crippen LogP contribution is 2.14. The van der Waals surface area contributed by atoms with Crippen molar-refractivity contribution in [3.63, 3.8) is 0 Å². The molecule has 0 saturated heterocycles. The highest BCUT2D eigenvalue weighted by atomic mass is 32.1. The van der Waals surface area contributed by atoms with Gasteiger partial charge in [-0.05, 0) is 19.1 Å². The van der Waals surface area contributed by atoms with Crippen molar-refractivity contribution >= 4 is 33.9 Å². The molecule has 1 aromatic heterocycles. The van der Waals surface area contributed by atoms with Crippen molar-refractivity contribution in [1.29, 1.82) is 0 Å². The number of hydrogen-bond donors (Lipinski definition) is 1. The van der Waals surface area contributed by atoms with Crippen LogP contribution >= 0.6 is 12.2 Å². The summed E-state index contributed by atoms with van der Waals surface area (Å²) >= 11 is 4.87. The minimum absolute atomic E-state index is 0.376. The summed E-state index contributed by atoms with van der Waals surface area (Å²) in [5.41, 5.74) is 0.550. The Morgan fingerprint density at radius 1 is 1.40 bits per heavy atom. The minimum Gasteiger partial charge on any atom is -0.421 e. The zero-order valence-corrected chi connectivity index (χ0v) is 8.93. The number of anilines is 1. The summed E-state index contributed by atoms with van der Waals surface area (Å²) in [5, 5.41) is 3.66. The quantitative estimate of drug-likeness (QED) is 0.591. The molecule has 76 valence electrons. The zero-order valence-electron chi connectivity index (χ0n) is 8.11. The Balaban J connectivity index is 2.62. The van der Waals surface area contributed by atoms with Crippen LogP contribution in [0.25, 0.3) is 11.0 Å². The molecule has 0 spiro atoms. The monoisotopic (exact) mass is 219 g/mol. The molecule has 0 bridgehead atoms. The second-order valence-electron chi connectivity index (χ2n) is 3.17. The Morgan fingerprint density at radius 3 is 2.87 bits per heavy atom. The Morgan fingerprint density at radius 2 is 2.13 bits per heavy atom. The van der Waals surface area contributed by atoms with Crippen LogP contribution in [-0.2, 0) is 0 Å². The van der Waals surface area contributed by atoms with Crippen LogP contribution < -0.4 is 10.9 Å². The van der Waals surface area contributed by atoms with Gasteiger partial charge in [0.2, 0.25) is 0 Å². The van der Waals surface area contributed by atoms with Gasteiger partial charge < -0.3 is 9.73 Å². The summed E-state index contributed by atoms with van der Waals surface area (Å²) in [6.45, 7) is 1.71. The smallest absolute Gasteiger partial charge is 0.360 e. The molecular weight excluding hydrogens is 210 g/mol. The number of rotatable bonds is 1. The molecule has 1 aromatic carbocycles. The van der Waals surface area contributed by atoms with Gasteiger partial charge in [0.05, 0.1) is 4.99 Å². The lowest BCUT2D eigenvalue weighted by atomic mass is 10.2. The summed E-state index contributed by atoms with van der Waals surface area (Å²) < 4.78 is 5.12. The van der Waals surface area contributed by atoms with E-state index in [2.05, 4.69) is 5.32 Å². The van der Waals surface area contributed by atoms with Gasteiger partial charge in [0.1, 0.15) is 11.3 Å². The third-order valence-electron chi connectivity index (χ3n) is 1.95. The molecule has 0 saturated carbocycles. The van der Waals surface area contributed by atoms with E-state index in [4.69, 9.17) is 16.6 Å². The average molecular weight is 219 g/mol. The second kappa shape index (κ2) is 3.82. The molecule has 0 aliphatic heterocycles. The zero-order chi connectivity index (χ0) is 10.8. The first-order valence-corrected chi connectivity index (χ1v) is 4.88. The maximum atomic E-state index is 11.5. The first-order chi connectivity index (χ1) is 7.16. The molecule has 0 fully saturated rings. The number of fused-ring (bicyclic) bond motifs is 1. The van der Waals surface area contributed by atoms with E-state index in [9.17, 15) is 4.79 Å².